The SMILES string of the molecule is CC(CO)NC(=O)c1ccnc(SC(C)(C)C)c1. The maximum atomic E-state index is 11.9. The molecule has 0 aliphatic carbocycles. The molecule has 0 aliphatic rings. The van der Waals surface area contributed by atoms with Gasteiger partial charge in [-0.05, 0) is 19.1 Å². The zero-order chi connectivity index (χ0) is 13.8. The van der Waals surface area contributed by atoms with Crippen LogP contribution in [0.3, 0.4) is 0 Å². The molecule has 100 valence electrons. The van der Waals surface area contributed by atoms with Crippen LogP contribution < -0.4 is 5.32 Å². The number of aromatic nitrogens is 1. The van der Waals surface area contributed by atoms with E-state index in [-0.39, 0.29) is 23.3 Å². The quantitative estimate of drug-likeness (QED) is 0.821. The van der Waals surface area contributed by atoms with Gasteiger partial charge in [-0.2, -0.15) is 0 Å². The lowest BCUT2D eigenvalue weighted by molar-refractivity contribution is 0.0922. The number of hydrogen-bond donors (Lipinski definition) is 2. The highest BCUT2D eigenvalue weighted by atomic mass is 32.2. The summed E-state index contributed by atoms with van der Waals surface area (Å²) in [7, 11) is 0. The molecule has 1 unspecified atom stereocenters. The number of amides is 1. The molecule has 1 rings (SSSR count). The van der Waals surface area contributed by atoms with E-state index >= 15 is 0 Å². The van der Waals surface area contributed by atoms with Crippen LogP contribution in [0.2, 0.25) is 0 Å². The van der Waals surface area contributed by atoms with Crippen LogP contribution in [-0.4, -0.2) is 33.4 Å². The number of thioether (sulfide) groups is 1. The molecule has 1 amide bonds. The summed E-state index contributed by atoms with van der Waals surface area (Å²) >= 11 is 1.62. The maximum absolute atomic E-state index is 11.9. The molecule has 0 fully saturated rings. The average molecular weight is 268 g/mol. The lowest BCUT2D eigenvalue weighted by Gasteiger charge is -2.17. The number of carbonyl (C=O) groups is 1. The van der Waals surface area contributed by atoms with E-state index in [4.69, 9.17) is 5.11 Å². The summed E-state index contributed by atoms with van der Waals surface area (Å²) in [5, 5.41) is 12.4. The highest BCUT2D eigenvalue weighted by Crippen LogP contribution is 2.30. The first kappa shape index (κ1) is 15.0. The number of aliphatic hydroxyl groups excluding tert-OH is 1. The summed E-state index contributed by atoms with van der Waals surface area (Å²) in [5.41, 5.74) is 0.567. The van der Waals surface area contributed by atoms with Crippen LogP contribution >= 0.6 is 11.8 Å². The third-order valence-electron chi connectivity index (χ3n) is 2.06. The number of pyridine rings is 1. The van der Waals surface area contributed by atoms with Gasteiger partial charge in [-0.3, -0.25) is 4.79 Å². The Morgan fingerprint density at radius 1 is 1.56 bits per heavy atom. The first-order valence-electron chi connectivity index (χ1n) is 5.88. The summed E-state index contributed by atoms with van der Waals surface area (Å²) in [4.78, 5) is 16.1. The molecule has 0 aliphatic heterocycles. The van der Waals surface area contributed by atoms with Crippen LogP contribution in [0.25, 0.3) is 0 Å². The van der Waals surface area contributed by atoms with Crippen molar-refractivity contribution >= 4 is 17.7 Å². The van der Waals surface area contributed by atoms with Gasteiger partial charge in [-0.1, -0.05) is 20.8 Å². The number of nitrogens with one attached hydrogen (secondary N) is 1. The summed E-state index contributed by atoms with van der Waals surface area (Å²) in [6.45, 7) is 7.98. The van der Waals surface area contributed by atoms with E-state index in [9.17, 15) is 4.79 Å². The standard InChI is InChI=1S/C13H20N2O2S/c1-9(8-16)15-12(17)10-5-6-14-11(7-10)18-13(2,3)4/h5-7,9,16H,8H2,1-4H3,(H,15,17). The number of hydrogen-bond acceptors (Lipinski definition) is 4. The fourth-order valence-corrected chi connectivity index (χ4v) is 2.20. The lowest BCUT2D eigenvalue weighted by Crippen LogP contribution is -2.35. The zero-order valence-electron chi connectivity index (χ0n) is 11.2. The van der Waals surface area contributed by atoms with Crippen molar-refractivity contribution in [2.75, 3.05) is 6.61 Å². The van der Waals surface area contributed by atoms with Crippen LogP contribution in [-0.2, 0) is 0 Å². The van der Waals surface area contributed by atoms with Gasteiger partial charge in [0.2, 0.25) is 0 Å². The molecular weight excluding hydrogens is 248 g/mol. The fourth-order valence-electron chi connectivity index (χ4n) is 1.27. The van der Waals surface area contributed by atoms with E-state index in [1.165, 1.54) is 0 Å². The highest BCUT2D eigenvalue weighted by molar-refractivity contribution is 8.00. The van der Waals surface area contributed by atoms with Crippen molar-refractivity contribution in [2.45, 2.75) is 43.5 Å². The van der Waals surface area contributed by atoms with Crippen molar-refractivity contribution in [2.24, 2.45) is 0 Å². The van der Waals surface area contributed by atoms with E-state index < -0.39 is 0 Å². The topological polar surface area (TPSA) is 62.2 Å². The summed E-state index contributed by atoms with van der Waals surface area (Å²) in [5.74, 6) is -0.185. The molecule has 0 radical (unpaired) electrons. The lowest BCUT2D eigenvalue weighted by atomic mass is 10.2. The summed E-state index contributed by atoms with van der Waals surface area (Å²) < 4.78 is 0.0560. The van der Waals surface area contributed by atoms with Gasteiger partial charge in [0.15, 0.2) is 0 Å². The van der Waals surface area contributed by atoms with Crippen molar-refractivity contribution in [1.29, 1.82) is 0 Å². The predicted molar refractivity (Wildman–Crippen MR) is 73.9 cm³/mol. The second-order valence-corrected chi connectivity index (χ2v) is 7.00. The average Bonchev–Trinajstić information content (AvgIpc) is 2.26. The molecule has 18 heavy (non-hydrogen) atoms. The molecule has 5 heteroatoms. The minimum Gasteiger partial charge on any atom is -0.394 e. The van der Waals surface area contributed by atoms with Crippen LogP contribution in [0.5, 0.6) is 0 Å². The van der Waals surface area contributed by atoms with E-state index in [0.29, 0.717) is 5.56 Å². The van der Waals surface area contributed by atoms with E-state index in [0.717, 1.165) is 5.03 Å². The minimum atomic E-state index is -0.246. The van der Waals surface area contributed by atoms with Crippen LogP contribution in [0.1, 0.15) is 38.1 Å². The van der Waals surface area contributed by atoms with Gasteiger partial charge in [-0.15, -0.1) is 11.8 Å². The first-order valence-corrected chi connectivity index (χ1v) is 6.70. The highest BCUT2D eigenvalue weighted by Gasteiger charge is 2.15. The molecule has 0 spiro atoms. The van der Waals surface area contributed by atoms with Gasteiger partial charge in [0.25, 0.3) is 5.91 Å². The van der Waals surface area contributed by atoms with Gasteiger partial charge in [-0.25, -0.2) is 4.98 Å². The number of rotatable bonds is 4. The molecule has 4 nitrogen and oxygen atoms in total. The van der Waals surface area contributed by atoms with E-state index in [1.54, 1.807) is 37.0 Å². The van der Waals surface area contributed by atoms with Crippen LogP contribution in [0, 0.1) is 0 Å². The molecule has 0 aromatic carbocycles. The van der Waals surface area contributed by atoms with Gasteiger partial charge in [0.1, 0.15) is 0 Å². The van der Waals surface area contributed by atoms with E-state index in [1.807, 2.05) is 0 Å². The number of aliphatic hydroxyl groups is 1. The third kappa shape index (κ3) is 5.06. The fraction of sp³-hybridized carbons (Fsp3) is 0.538. The second-order valence-electron chi connectivity index (χ2n) is 5.15. The summed E-state index contributed by atoms with van der Waals surface area (Å²) in [6.07, 6.45) is 1.63. The molecule has 0 saturated heterocycles. The monoisotopic (exact) mass is 268 g/mol. The smallest absolute Gasteiger partial charge is 0.251 e. The van der Waals surface area contributed by atoms with Crippen molar-refractivity contribution in [3.8, 4) is 0 Å². The Balaban J connectivity index is 2.79. The molecule has 1 aromatic heterocycles. The first-order chi connectivity index (χ1) is 8.31. The van der Waals surface area contributed by atoms with Crippen LogP contribution in [0.15, 0.2) is 23.4 Å². The Kier molecular flexibility index (Phi) is 5.16. The number of nitrogens with zero attached hydrogens (tertiary/aromatic N) is 1. The largest absolute Gasteiger partial charge is 0.394 e. The summed E-state index contributed by atoms with van der Waals surface area (Å²) in [6, 6.07) is 3.20. The molecule has 1 aromatic rings. The Morgan fingerprint density at radius 3 is 2.78 bits per heavy atom. The van der Waals surface area contributed by atoms with Crippen LogP contribution in [0.4, 0.5) is 0 Å². The molecule has 1 heterocycles. The van der Waals surface area contributed by atoms with Crippen molar-refractivity contribution in [1.82, 2.24) is 10.3 Å². The molecule has 0 saturated carbocycles. The Labute approximate surface area is 112 Å². The molecule has 2 N–H and O–H groups in total. The molecular formula is C13H20N2O2S. The van der Waals surface area contributed by atoms with Gasteiger partial charge in [0.05, 0.1) is 11.6 Å². The maximum Gasteiger partial charge on any atom is 0.251 e. The normalized spacial score (nSPS) is 13.2. The van der Waals surface area contributed by atoms with Crippen molar-refractivity contribution in [3.63, 3.8) is 0 Å². The van der Waals surface area contributed by atoms with E-state index in [2.05, 4.69) is 31.1 Å². The van der Waals surface area contributed by atoms with Crippen molar-refractivity contribution < 1.29 is 9.90 Å². The number of carbonyl (C=O) groups excluding carboxylic acids is 1. The minimum absolute atomic E-state index is 0.0560. The zero-order valence-corrected chi connectivity index (χ0v) is 12.0. The second kappa shape index (κ2) is 6.20. The third-order valence-corrected chi connectivity index (χ3v) is 3.10. The predicted octanol–water partition coefficient (Wildman–Crippen LogP) is 2.08. The Hall–Kier alpha value is -1.07. The van der Waals surface area contributed by atoms with Gasteiger partial charge < -0.3 is 10.4 Å². The molecule has 0 bridgehead atoms. The Morgan fingerprint density at radius 2 is 2.22 bits per heavy atom. The Bertz CT molecular complexity index is 416. The van der Waals surface area contributed by atoms with Gasteiger partial charge in [0, 0.05) is 22.5 Å². The van der Waals surface area contributed by atoms with Crippen molar-refractivity contribution in [3.05, 3.63) is 23.9 Å². The molecule has 1 atom stereocenters. The van der Waals surface area contributed by atoms with Gasteiger partial charge >= 0.3 is 0 Å².